The second-order valence-corrected chi connectivity index (χ2v) is 7.10. The van der Waals surface area contributed by atoms with Gasteiger partial charge in [0.05, 0.1) is 22.2 Å². The zero-order chi connectivity index (χ0) is 13.6. The first-order valence-electron chi connectivity index (χ1n) is 5.73. The lowest BCUT2D eigenvalue weighted by atomic mass is 10.0. The number of halogens is 1. The van der Waals surface area contributed by atoms with Gasteiger partial charge in [0, 0.05) is 10.6 Å². The lowest BCUT2D eigenvalue weighted by Gasteiger charge is -2.27. The lowest BCUT2D eigenvalue weighted by molar-refractivity contribution is -0.120. The Morgan fingerprint density at radius 1 is 1.61 bits per heavy atom. The van der Waals surface area contributed by atoms with Gasteiger partial charge in [0.15, 0.2) is 0 Å². The van der Waals surface area contributed by atoms with E-state index in [0.717, 1.165) is 10.1 Å². The van der Waals surface area contributed by atoms with Gasteiger partial charge in [-0.05, 0) is 25.5 Å². The van der Waals surface area contributed by atoms with Crippen LogP contribution < -0.4 is 5.32 Å². The molecule has 0 bridgehead atoms. The van der Waals surface area contributed by atoms with E-state index < -0.39 is 5.54 Å². The topological polar surface area (TPSA) is 49.3 Å². The number of thioether (sulfide) groups is 1. The highest BCUT2D eigenvalue weighted by atomic mass is 35.5. The number of aliphatic hydroxyl groups is 1. The van der Waals surface area contributed by atoms with Crippen molar-refractivity contribution in [2.24, 2.45) is 0 Å². The summed E-state index contributed by atoms with van der Waals surface area (Å²) in [5.41, 5.74) is -0.510. The van der Waals surface area contributed by atoms with Crippen LogP contribution in [0.2, 0.25) is 4.34 Å². The zero-order valence-electron chi connectivity index (χ0n) is 10.5. The molecule has 1 amide bonds. The van der Waals surface area contributed by atoms with Crippen molar-refractivity contribution in [2.75, 3.05) is 12.4 Å². The monoisotopic (exact) mass is 307 g/mol. The van der Waals surface area contributed by atoms with E-state index in [9.17, 15) is 9.90 Å². The Bertz CT molecular complexity index is 391. The first-order chi connectivity index (χ1) is 8.49. The normalized spacial score (nSPS) is 14.2. The highest BCUT2D eigenvalue weighted by molar-refractivity contribution is 7.99. The molecule has 1 atom stereocenters. The second kappa shape index (κ2) is 7.38. The molecule has 1 heterocycles. The van der Waals surface area contributed by atoms with Gasteiger partial charge in [0.2, 0.25) is 5.91 Å². The summed E-state index contributed by atoms with van der Waals surface area (Å²) in [5, 5.41) is 12.1. The van der Waals surface area contributed by atoms with Crippen molar-refractivity contribution < 1.29 is 9.90 Å². The third-order valence-electron chi connectivity index (χ3n) is 2.68. The summed E-state index contributed by atoms with van der Waals surface area (Å²) in [6.45, 7) is 3.74. The predicted molar refractivity (Wildman–Crippen MR) is 79.4 cm³/mol. The van der Waals surface area contributed by atoms with Crippen LogP contribution in [0.3, 0.4) is 0 Å². The molecule has 18 heavy (non-hydrogen) atoms. The van der Waals surface area contributed by atoms with Gasteiger partial charge in [-0.15, -0.1) is 23.1 Å². The highest BCUT2D eigenvalue weighted by Gasteiger charge is 2.22. The van der Waals surface area contributed by atoms with E-state index in [1.165, 1.54) is 16.2 Å². The molecule has 102 valence electrons. The molecule has 0 radical (unpaired) electrons. The molecular formula is C12H18ClNO2S2. The number of carbonyl (C=O) groups is 1. The van der Waals surface area contributed by atoms with Crippen LogP contribution in [0, 0.1) is 0 Å². The Morgan fingerprint density at radius 2 is 2.33 bits per heavy atom. The zero-order valence-corrected chi connectivity index (χ0v) is 12.9. The molecule has 0 saturated carbocycles. The maximum atomic E-state index is 11.7. The van der Waals surface area contributed by atoms with E-state index in [2.05, 4.69) is 5.32 Å². The summed E-state index contributed by atoms with van der Waals surface area (Å²) in [4.78, 5) is 12.9. The Morgan fingerprint density at radius 3 is 2.83 bits per heavy atom. The average Bonchev–Trinajstić information content (AvgIpc) is 2.75. The van der Waals surface area contributed by atoms with Gasteiger partial charge in [0.1, 0.15) is 0 Å². The van der Waals surface area contributed by atoms with E-state index in [1.54, 1.807) is 11.8 Å². The number of rotatable bonds is 7. The van der Waals surface area contributed by atoms with Crippen molar-refractivity contribution in [1.82, 2.24) is 5.32 Å². The molecule has 0 aromatic carbocycles. The van der Waals surface area contributed by atoms with Crippen molar-refractivity contribution in [3.05, 3.63) is 21.3 Å². The SMILES string of the molecule is CCC(C)(CO)NC(=O)CSCc1ccc(Cl)s1. The number of hydrogen-bond acceptors (Lipinski definition) is 4. The van der Waals surface area contributed by atoms with E-state index in [-0.39, 0.29) is 12.5 Å². The van der Waals surface area contributed by atoms with Crippen LogP contribution in [0.15, 0.2) is 12.1 Å². The van der Waals surface area contributed by atoms with Crippen LogP contribution >= 0.6 is 34.7 Å². The maximum absolute atomic E-state index is 11.7. The molecule has 0 spiro atoms. The fourth-order valence-electron chi connectivity index (χ4n) is 1.29. The molecule has 0 fully saturated rings. The van der Waals surface area contributed by atoms with Crippen LogP contribution in [0.1, 0.15) is 25.1 Å². The second-order valence-electron chi connectivity index (χ2n) is 4.32. The smallest absolute Gasteiger partial charge is 0.230 e. The summed E-state index contributed by atoms with van der Waals surface area (Å²) in [7, 11) is 0. The molecule has 0 aliphatic rings. The minimum absolute atomic E-state index is 0.0407. The first-order valence-corrected chi connectivity index (χ1v) is 8.08. The quantitative estimate of drug-likeness (QED) is 0.814. The van der Waals surface area contributed by atoms with Crippen LogP contribution in [-0.4, -0.2) is 28.9 Å². The van der Waals surface area contributed by atoms with Gasteiger partial charge in [-0.25, -0.2) is 0 Å². The van der Waals surface area contributed by atoms with Gasteiger partial charge >= 0.3 is 0 Å². The summed E-state index contributed by atoms with van der Waals surface area (Å²) < 4.78 is 0.772. The number of hydrogen-bond donors (Lipinski definition) is 2. The first kappa shape index (κ1) is 15.8. The largest absolute Gasteiger partial charge is 0.394 e. The van der Waals surface area contributed by atoms with Crippen molar-refractivity contribution in [3.63, 3.8) is 0 Å². The minimum atomic E-state index is -0.510. The van der Waals surface area contributed by atoms with Crippen molar-refractivity contribution >= 4 is 40.6 Å². The summed E-state index contributed by atoms with van der Waals surface area (Å²) in [6.07, 6.45) is 0.709. The van der Waals surface area contributed by atoms with Crippen LogP contribution in [-0.2, 0) is 10.5 Å². The molecule has 2 N–H and O–H groups in total. The molecule has 1 aromatic heterocycles. The van der Waals surface area contributed by atoms with E-state index in [4.69, 9.17) is 11.6 Å². The van der Waals surface area contributed by atoms with Gasteiger partial charge in [-0.1, -0.05) is 18.5 Å². The fourth-order valence-corrected chi connectivity index (χ4v) is 3.31. The Balaban J connectivity index is 2.29. The van der Waals surface area contributed by atoms with Gasteiger partial charge in [0.25, 0.3) is 0 Å². The van der Waals surface area contributed by atoms with Crippen molar-refractivity contribution in [1.29, 1.82) is 0 Å². The number of nitrogens with one attached hydrogen (secondary N) is 1. The third kappa shape index (κ3) is 5.18. The molecule has 3 nitrogen and oxygen atoms in total. The number of thiophene rings is 1. The fraction of sp³-hybridized carbons (Fsp3) is 0.583. The standard InChI is InChI=1S/C12H18ClNO2S2/c1-3-12(2,8-15)14-11(16)7-17-6-9-4-5-10(13)18-9/h4-5,15H,3,6-8H2,1-2H3,(H,14,16). The van der Waals surface area contributed by atoms with Gasteiger partial charge < -0.3 is 10.4 Å². The Kier molecular flexibility index (Phi) is 6.49. The molecule has 0 aliphatic carbocycles. The van der Waals surface area contributed by atoms with Crippen LogP contribution in [0.5, 0.6) is 0 Å². The molecule has 1 rings (SSSR count). The van der Waals surface area contributed by atoms with E-state index in [1.807, 2.05) is 26.0 Å². The number of aliphatic hydroxyl groups excluding tert-OH is 1. The van der Waals surface area contributed by atoms with Gasteiger partial charge in [-0.2, -0.15) is 0 Å². The van der Waals surface area contributed by atoms with Crippen molar-refractivity contribution in [2.45, 2.75) is 31.6 Å². The summed E-state index contributed by atoms with van der Waals surface area (Å²) in [5.74, 6) is 1.14. The molecule has 0 saturated heterocycles. The Labute approximate surface area is 121 Å². The summed E-state index contributed by atoms with van der Waals surface area (Å²) >= 11 is 8.91. The maximum Gasteiger partial charge on any atom is 0.230 e. The predicted octanol–water partition coefficient (Wildman–Crippen LogP) is 2.91. The summed E-state index contributed by atoms with van der Waals surface area (Å²) in [6, 6.07) is 3.84. The molecule has 6 heteroatoms. The Hall–Kier alpha value is -0.230. The molecular weight excluding hydrogens is 290 g/mol. The molecule has 1 aromatic rings. The van der Waals surface area contributed by atoms with Crippen LogP contribution in [0.25, 0.3) is 0 Å². The third-order valence-corrected chi connectivity index (χ3v) is 5.07. The van der Waals surface area contributed by atoms with E-state index in [0.29, 0.717) is 12.2 Å². The number of carbonyl (C=O) groups excluding carboxylic acids is 1. The average molecular weight is 308 g/mol. The minimum Gasteiger partial charge on any atom is -0.394 e. The van der Waals surface area contributed by atoms with E-state index >= 15 is 0 Å². The number of amides is 1. The lowest BCUT2D eigenvalue weighted by Crippen LogP contribution is -2.49. The highest BCUT2D eigenvalue weighted by Crippen LogP contribution is 2.25. The van der Waals surface area contributed by atoms with Crippen molar-refractivity contribution in [3.8, 4) is 0 Å². The van der Waals surface area contributed by atoms with Gasteiger partial charge in [-0.3, -0.25) is 4.79 Å². The molecule has 0 aliphatic heterocycles. The van der Waals surface area contributed by atoms with Crippen LogP contribution in [0.4, 0.5) is 0 Å². The molecule has 1 unspecified atom stereocenters.